The number of unbranched alkanes of at least 4 members (excludes halogenated alkanes) is 2. The molecule has 0 bridgehead atoms. The summed E-state index contributed by atoms with van der Waals surface area (Å²) in [7, 11) is 0. The summed E-state index contributed by atoms with van der Waals surface area (Å²) >= 11 is 5.62. The predicted molar refractivity (Wildman–Crippen MR) is 255 cm³/mol. The van der Waals surface area contributed by atoms with Crippen molar-refractivity contribution in [2.24, 2.45) is 5.41 Å². The third-order valence-corrected chi connectivity index (χ3v) is 12.2. The predicted octanol–water partition coefficient (Wildman–Crippen LogP) is 7.96. The van der Waals surface area contributed by atoms with E-state index in [0.717, 1.165) is 47.4 Å². The van der Waals surface area contributed by atoms with Gasteiger partial charge in [-0.25, -0.2) is 4.98 Å². The van der Waals surface area contributed by atoms with Gasteiger partial charge in [-0.2, -0.15) is 18.4 Å². The summed E-state index contributed by atoms with van der Waals surface area (Å²) in [5.41, 5.74) is -1.30. The highest BCUT2D eigenvalue weighted by Gasteiger charge is 2.51. The van der Waals surface area contributed by atoms with Crippen molar-refractivity contribution in [2.45, 2.75) is 103 Å². The number of hydrogen-bond acceptors (Lipinski definition) is 11. The van der Waals surface area contributed by atoms with Crippen LogP contribution in [0.2, 0.25) is 0 Å². The van der Waals surface area contributed by atoms with E-state index in [-0.39, 0.29) is 29.2 Å². The highest BCUT2D eigenvalue weighted by molar-refractivity contribution is 7.81. The van der Waals surface area contributed by atoms with E-state index in [2.05, 4.69) is 15.6 Å². The fourth-order valence-corrected chi connectivity index (χ4v) is 8.65. The second kappa shape index (κ2) is 22.8. The molecule has 0 aliphatic carbocycles. The first-order valence-corrected chi connectivity index (χ1v) is 23.3. The largest absolute Gasteiger partial charge is 0.494 e. The highest BCUT2D eigenvalue weighted by atomic mass is 32.1. The Balaban J connectivity index is 0.840. The third kappa shape index (κ3) is 13.0. The van der Waals surface area contributed by atoms with E-state index in [1.165, 1.54) is 12.5 Å². The van der Waals surface area contributed by atoms with Crippen LogP contribution in [0.15, 0.2) is 83.7 Å². The molecule has 2 atom stereocenters. The standard InChI is InChI=1S/C50H58F3N7O8S/c1-48(2,3)43(45(63)58-22-9-11-40(58)44(62)56-29-33-12-14-34(15-13-33)41-30-55-32-68-41)57-42(61)31-66-25-10-24-65-23-7-6-8-26-67-38-20-18-36(19-21-38)60-47(69)59(46(64)49(60,4)5)37-17-16-35(28-54)39(27-37)50(51,52)53/h12-21,27,30,32,40,43H,6-11,22-26,29,31H2,1-5H3,(H,56,62)(H,57,61)/t40-,43+/m0/s1. The Morgan fingerprint density at radius 1 is 0.942 bits per heavy atom. The second-order valence-electron chi connectivity index (χ2n) is 18.4. The lowest BCUT2D eigenvalue weighted by Gasteiger charge is -2.35. The van der Waals surface area contributed by atoms with Crippen molar-refractivity contribution in [2.75, 3.05) is 49.4 Å². The number of hydrogen-bond donors (Lipinski definition) is 2. The highest BCUT2D eigenvalue weighted by Crippen LogP contribution is 2.40. The van der Waals surface area contributed by atoms with Gasteiger partial charge in [-0.1, -0.05) is 45.0 Å². The summed E-state index contributed by atoms with van der Waals surface area (Å²) in [6, 6.07) is 17.6. The quantitative estimate of drug-likeness (QED) is 0.0609. The molecule has 2 aliphatic rings. The van der Waals surface area contributed by atoms with Gasteiger partial charge in [-0.05, 0) is 118 Å². The molecule has 15 nitrogen and oxygen atoms in total. The SMILES string of the molecule is CC(C)(C)[C@H](NC(=O)COCCCOCCCCCOc1ccc(N2C(=S)N(c3ccc(C#N)c(C(F)(F)F)c3)C(=O)C2(C)C)cc1)C(=O)N1CCC[C@H]1C(=O)NCc1ccc(-c2cnco2)cc1. The smallest absolute Gasteiger partial charge is 0.417 e. The number of ether oxygens (including phenoxy) is 3. The summed E-state index contributed by atoms with van der Waals surface area (Å²) in [6.45, 7) is 11.1. The molecule has 19 heteroatoms. The molecule has 69 heavy (non-hydrogen) atoms. The first kappa shape index (κ1) is 52.0. The van der Waals surface area contributed by atoms with Gasteiger partial charge in [0.2, 0.25) is 17.7 Å². The van der Waals surface area contributed by atoms with Crippen molar-refractivity contribution in [1.82, 2.24) is 20.5 Å². The lowest BCUT2D eigenvalue weighted by atomic mass is 9.85. The van der Waals surface area contributed by atoms with Crippen molar-refractivity contribution in [3.05, 3.63) is 96.0 Å². The maximum Gasteiger partial charge on any atom is 0.417 e. The van der Waals surface area contributed by atoms with Crippen molar-refractivity contribution < 1.29 is 51.0 Å². The number of anilines is 2. The minimum Gasteiger partial charge on any atom is -0.494 e. The number of likely N-dealkylation sites (tertiary alicyclic amines) is 1. The Kier molecular flexibility index (Phi) is 17.2. The molecule has 2 aliphatic heterocycles. The van der Waals surface area contributed by atoms with Gasteiger partial charge in [0.05, 0.1) is 35.7 Å². The molecule has 0 unspecified atom stereocenters. The third-order valence-electron chi connectivity index (χ3n) is 11.9. The van der Waals surface area contributed by atoms with E-state index < -0.39 is 52.2 Å². The van der Waals surface area contributed by atoms with Crippen LogP contribution in [0.3, 0.4) is 0 Å². The molecule has 4 aromatic rings. The molecule has 4 amide bonds. The Labute approximate surface area is 405 Å². The van der Waals surface area contributed by atoms with Crippen LogP contribution in [0, 0.1) is 16.7 Å². The van der Waals surface area contributed by atoms with Crippen LogP contribution in [0.1, 0.15) is 89.8 Å². The fraction of sp³-hybridized carbons (Fsp3) is 0.460. The zero-order valence-electron chi connectivity index (χ0n) is 39.4. The number of benzene rings is 3. The van der Waals surface area contributed by atoms with Crippen LogP contribution >= 0.6 is 12.2 Å². The van der Waals surface area contributed by atoms with Gasteiger partial charge in [0.15, 0.2) is 17.3 Å². The zero-order valence-corrected chi connectivity index (χ0v) is 40.2. The van der Waals surface area contributed by atoms with Gasteiger partial charge in [0.1, 0.15) is 30.0 Å². The maximum atomic E-state index is 13.9. The Bertz CT molecular complexity index is 2470. The number of alkyl halides is 3. The van der Waals surface area contributed by atoms with E-state index in [1.54, 1.807) is 60.2 Å². The molecule has 6 rings (SSSR count). The summed E-state index contributed by atoms with van der Waals surface area (Å²) < 4.78 is 63.7. The summed E-state index contributed by atoms with van der Waals surface area (Å²) in [4.78, 5) is 61.8. The van der Waals surface area contributed by atoms with Gasteiger partial charge in [-0.3, -0.25) is 24.1 Å². The Hall–Kier alpha value is -6.36. The van der Waals surface area contributed by atoms with Crippen LogP contribution in [-0.4, -0.2) is 95.8 Å². The molecule has 3 heterocycles. The van der Waals surface area contributed by atoms with Crippen LogP contribution in [0.25, 0.3) is 11.3 Å². The van der Waals surface area contributed by atoms with E-state index in [0.29, 0.717) is 76.0 Å². The number of halogens is 3. The van der Waals surface area contributed by atoms with Gasteiger partial charge in [0.25, 0.3) is 5.91 Å². The number of carbonyl (C=O) groups is 4. The molecule has 368 valence electrons. The minimum atomic E-state index is -4.79. The topological polar surface area (TPSA) is 180 Å². The zero-order chi connectivity index (χ0) is 49.9. The lowest BCUT2D eigenvalue weighted by Crippen LogP contribution is -2.58. The summed E-state index contributed by atoms with van der Waals surface area (Å²) in [5.74, 6) is -0.241. The molecule has 2 N–H and O–H groups in total. The maximum absolute atomic E-state index is 13.9. The number of rotatable bonds is 21. The van der Waals surface area contributed by atoms with Crippen molar-refractivity contribution in [3.8, 4) is 23.1 Å². The second-order valence-corrected chi connectivity index (χ2v) is 18.8. The van der Waals surface area contributed by atoms with Crippen molar-refractivity contribution in [3.63, 3.8) is 0 Å². The average Bonchev–Trinajstić information content (AvgIpc) is 4.07. The fourth-order valence-electron chi connectivity index (χ4n) is 8.13. The molecule has 1 aromatic heterocycles. The van der Waals surface area contributed by atoms with Crippen LogP contribution in [0.5, 0.6) is 5.75 Å². The number of aromatic nitrogens is 1. The van der Waals surface area contributed by atoms with E-state index in [9.17, 15) is 37.6 Å². The first-order chi connectivity index (χ1) is 32.8. The molecule has 2 fully saturated rings. The molecule has 0 radical (unpaired) electrons. The normalized spacial score (nSPS) is 16.4. The minimum absolute atomic E-state index is 0.00522. The summed E-state index contributed by atoms with van der Waals surface area (Å²) in [5, 5.41) is 15.0. The number of thiocarbonyl (C=S) groups is 1. The molecule has 2 saturated heterocycles. The Morgan fingerprint density at radius 2 is 1.62 bits per heavy atom. The number of nitriles is 1. The van der Waals surface area contributed by atoms with Gasteiger partial charge in [0, 0.05) is 44.2 Å². The van der Waals surface area contributed by atoms with Crippen molar-refractivity contribution >= 4 is 52.3 Å². The monoisotopic (exact) mass is 973 g/mol. The van der Waals surface area contributed by atoms with Gasteiger partial charge < -0.3 is 39.1 Å². The molecule has 3 aromatic carbocycles. The van der Waals surface area contributed by atoms with Crippen LogP contribution in [-0.2, 0) is 41.4 Å². The van der Waals surface area contributed by atoms with E-state index in [4.69, 9.17) is 30.8 Å². The number of amides is 4. The number of oxazole rings is 1. The van der Waals surface area contributed by atoms with E-state index in [1.807, 2.05) is 45.0 Å². The lowest BCUT2D eigenvalue weighted by molar-refractivity contribution is -0.144. The average molecular weight is 974 g/mol. The molecular formula is C50H58F3N7O8S. The number of nitrogens with zero attached hydrogens (tertiary/aromatic N) is 5. The van der Waals surface area contributed by atoms with Crippen molar-refractivity contribution in [1.29, 1.82) is 5.26 Å². The molecule has 0 spiro atoms. The van der Waals surface area contributed by atoms with E-state index >= 15 is 0 Å². The van der Waals surface area contributed by atoms with Gasteiger partial charge in [-0.15, -0.1) is 0 Å². The Morgan fingerprint density at radius 3 is 2.29 bits per heavy atom. The van der Waals surface area contributed by atoms with Crippen LogP contribution in [0.4, 0.5) is 24.5 Å². The first-order valence-electron chi connectivity index (χ1n) is 22.8. The number of nitrogens with one attached hydrogen (secondary N) is 2. The molecule has 0 saturated carbocycles. The molecular weight excluding hydrogens is 916 g/mol. The van der Waals surface area contributed by atoms with Gasteiger partial charge >= 0.3 is 6.18 Å². The van der Waals surface area contributed by atoms with Crippen LogP contribution < -0.4 is 25.2 Å². The number of carbonyl (C=O) groups excluding carboxylic acids is 4. The summed E-state index contributed by atoms with van der Waals surface area (Å²) in [6.07, 6.45) is 2.41.